The molecule has 0 aromatic heterocycles. The maximum atomic E-state index is 11.8. The number of amides is 1. The van der Waals surface area contributed by atoms with Crippen molar-refractivity contribution < 1.29 is 4.79 Å². The monoisotopic (exact) mass is 442 g/mol. The molecular formula is C18H27IN4O. The van der Waals surface area contributed by atoms with Crippen molar-refractivity contribution in [1.82, 2.24) is 10.6 Å². The Morgan fingerprint density at radius 3 is 2.58 bits per heavy atom. The molecule has 2 N–H and O–H groups in total. The molecule has 1 saturated carbocycles. The summed E-state index contributed by atoms with van der Waals surface area (Å²) in [5.74, 6) is 1.95. The van der Waals surface area contributed by atoms with Crippen molar-refractivity contribution in [3.63, 3.8) is 0 Å². The van der Waals surface area contributed by atoms with Gasteiger partial charge in [-0.3, -0.25) is 4.79 Å². The zero-order chi connectivity index (χ0) is 16.1. The predicted molar refractivity (Wildman–Crippen MR) is 109 cm³/mol. The number of rotatable bonds is 6. The number of aliphatic imine (C=N–C) groups is 1. The minimum Gasteiger partial charge on any atom is -0.357 e. The molecule has 1 aliphatic heterocycles. The Balaban J connectivity index is 0.00000208. The summed E-state index contributed by atoms with van der Waals surface area (Å²) in [6.45, 7) is 5.45. The second kappa shape index (κ2) is 9.25. The van der Waals surface area contributed by atoms with Crippen molar-refractivity contribution in [1.29, 1.82) is 0 Å². The number of carbonyl (C=O) groups is 1. The van der Waals surface area contributed by atoms with Crippen LogP contribution < -0.4 is 15.5 Å². The smallest absolute Gasteiger partial charge is 0.227 e. The molecule has 24 heavy (non-hydrogen) atoms. The quantitative estimate of drug-likeness (QED) is 0.405. The summed E-state index contributed by atoms with van der Waals surface area (Å²) in [4.78, 5) is 18.3. The Hall–Kier alpha value is -1.31. The first kappa shape index (κ1) is 19.0. The molecule has 1 aromatic rings. The maximum absolute atomic E-state index is 11.8. The predicted octanol–water partition coefficient (Wildman–Crippen LogP) is 2.90. The van der Waals surface area contributed by atoms with Crippen LogP contribution in [0.25, 0.3) is 0 Å². The summed E-state index contributed by atoms with van der Waals surface area (Å²) < 4.78 is 0. The normalized spacial score (nSPS) is 17.6. The molecule has 6 heteroatoms. The summed E-state index contributed by atoms with van der Waals surface area (Å²) in [6, 6.07) is 8.18. The minimum atomic E-state index is 0. The van der Waals surface area contributed by atoms with E-state index in [-0.39, 0.29) is 29.9 Å². The number of hydrogen-bond donors (Lipinski definition) is 2. The van der Waals surface area contributed by atoms with Gasteiger partial charge in [0.1, 0.15) is 0 Å². The molecule has 0 radical (unpaired) electrons. The fourth-order valence-electron chi connectivity index (χ4n) is 2.78. The van der Waals surface area contributed by atoms with Crippen LogP contribution in [0.2, 0.25) is 0 Å². The van der Waals surface area contributed by atoms with E-state index in [1.807, 2.05) is 17.0 Å². The summed E-state index contributed by atoms with van der Waals surface area (Å²) in [7, 11) is 0. The molecule has 1 amide bonds. The highest BCUT2D eigenvalue weighted by Gasteiger charge is 2.22. The molecule has 1 saturated heterocycles. The molecule has 5 nitrogen and oxygen atoms in total. The molecule has 1 heterocycles. The van der Waals surface area contributed by atoms with E-state index < -0.39 is 0 Å². The highest BCUT2D eigenvalue weighted by Crippen LogP contribution is 2.27. The molecule has 0 spiro atoms. The van der Waals surface area contributed by atoms with E-state index in [0.29, 0.717) is 13.0 Å². The van der Waals surface area contributed by atoms with Crippen LogP contribution in [-0.2, 0) is 11.3 Å². The number of hydrogen-bond acceptors (Lipinski definition) is 2. The van der Waals surface area contributed by atoms with Crippen LogP contribution in [0.4, 0.5) is 5.69 Å². The molecule has 132 valence electrons. The van der Waals surface area contributed by atoms with E-state index in [1.165, 1.54) is 12.8 Å². The highest BCUT2D eigenvalue weighted by atomic mass is 127. The second-order valence-corrected chi connectivity index (χ2v) is 6.33. The van der Waals surface area contributed by atoms with Gasteiger partial charge in [-0.1, -0.05) is 12.1 Å². The van der Waals surface area contributed by atoms with E-state index in [0.717, 1.165) is 49.2 Å². The van der Waals surface area contributed by atoms with Gasteiger partial charge in [-0.2, -0.15) is 0 Å². The van der Waals surface area contributed by atoms with Gasteiger partial charge in [0, 0.05) is 31.7 Å². The average molecular weight is 442 g/mol. The molecule has 1 aromatic carbocycles. The summed E-state index contributed by atoms with van der Waals surface area (Å²) in [6.07, 6.45) is 4.31. The number of nitrogens with one attached hydrogen (secondary N) is 2. The number of guanidine groups is 1. The number of carbonyl (C=O) groups excluding carboxylic acids is 1. The van der Waals surface area contributed by atoms with E-state index in [4.69, 9.17) is 0 Å². The first-order valence-electron chi connectivity index (χ1n) is 8.67. The molecule has 0 atom stereocenters. The fraction of sp³-hybridized carbons (Fsp3) is 0.556. The zero-order valence-corrected chi connectivity index (χ0v) is 16.6. The Morgan fingerprint density at radius 1 is 1.25 bits per heavy atom. The first-order valence-corrected chi connectivity index (χ1v) is 8.67. The van der Waals surface area contributed by atoms with Crippen molar-refractivity contribution >= 4 is 41.5 Å². The second-order valence-electron chi connectivity index (χ2n) is 6.33. The van der Waals surface area contributed by atoms with E-state index in [2.05, 4.69) is 34.7 Å². The van der Waals surface area contributed by atoms with Crippen LogP contribution in [0, 0.1) is 5.92 Å². The minimum absolute atomic E-state index is 0. The Labute approximate surface area is 161 Å². The third kappa shape index (κ3) is 5.36. The number of benzene rings is 1. The maximum Gasteiger partial charge on any atom is 0.227 e. The first-order chi connectivity index (χ1) is 11.3. The van der Waals surface area contributed by atoms with Crippen LogP contribution in [0.1, 0.15) is 38.2 Å². The topological polar surface area (TPSA) is 56.7 Å². The zero-order valence-electron chi connectivity index (χ0n) is 14.3. The standard InChI is InChI=1S/C18H26N4O.HI/c1-2-19-18(20-12-14-5-6-14)21-13-15-7-9-16(10-8-15)22-11-3-4-17(22)23;/h7-10,14H,2-6,11-13H2,1H3,(H2,19,20,21);1H. The lowest BCUT2D eigenvalue weighted by atomic mass is 10.2. The molecule has 3 rings (SSSR count). The lowest BCUT2D eigenvalue weighted by Crippen LogP contribution is -2.38. The fourth-order valence-corrected chi connectivity index (χ4v) is 2.78. The van der Waals surface area contributed by atoms with Gasteiger partial charge in [0.25, 0.3) is 0 Å². The van der Waals surface area contributed by atoms with Gasteiger partial charge in [-0.05, 0) is 49.8 Å². The number of anilines is 1. The van der Waals surface area contributed by atoms with Gasteiger partial charge >= 0.3 is 0 Å². The lowest BCUT2D eigenvalue weighted by Gasteiger charge is -2.15. The van der Waals surface area contributed by atoms with Crippen LogP contribution in [0.5, 0.6) is 0 Å². The van der Waals surface area contributed by atoms with Gasteiger partial charge in [-0.25, -0.2) is 4.99 Å². The van der Waals surface area contributed by atoms with E-state index in [9.17, 15) is 4.79 Å². The molecule has 2 fully saturated rings. The summed E-state index contributed by atoms with van der Waals surface area (Å²) in [5.41, 5.74) is 2.16. The summed E-state index contributed by atoms with van der Waals surface area (Å²) in [5, 5.41) is 6.68. The van der Waals surface area contributed by atoms with E-state index in [1.54, 1.807) is 0 Å². The van der Waals surface area contributed by atoms with Crippen molar-refractivity contribution in [3.8, 4) is 0 Å². The number of halogens is 1. The Kier molecular flexibility index (Phi) is 7.33. The average Bonchev–Trinajstić information content (AvgIpc) is 3.30. The lowest BCUT2D eigenvalue weighted by molar-refractivity contribution is -0.117. The van der Waals surface area contributed by atoms with Crippen LogP contribution in [0.15, 0.2) is 29.3 Å². The van der Waals surface area contributed by atoms with Gasteiger partial charge in [-0.15, -0.1) is 24.0 Å². The van der Waals surface area contributed by atoms with Crippen LogP contribution >= 0.6 is 24.0 Å². The molecule has 0 bridgehead atoms. The Morgan fingerprint density at radius 2 is 2.00 bits per heavy atom. The Bertz CT molecular complexity index is 569. The third-order valence-electron chi connectivity index (χ3n) is 4.34. The third-order valence-corrected chi connectivity index (χ3v) is 4.34. The van der Waals surface area contributed by atoms with Crippen LogP contribution in [-0.4, -0.2) is 31.5 Å². The SMILES string of the molecule is CCNC(=NCc1ccc(N2CCCC2=O)cc1)NCC1CC1.I. The van der Waals surface area contributed by atoms with Crippen LogP contribution in [0.3, 0.4) is 0 Å². The van der Waals surface area contributed by atoms with Gasteiger partial charge < -0.3 is 15.5 Å². The van der Waals surface area contributed by atoms with Crippen molar-refractivity contribution in [2.45, 2.75) is 39.2 Å². The molecule has 2 aliphatic rings. The van der Waals surface area contributed by atoms with Gasteiger partial charge in [0.2, 0.25) is 5.91 Å². The van der Waals surface area contributed by atoms with E-state index >= 15 is 0 Å². The largest absolute Gasteiger partial charge is 0.357 e. The molecular weight excluding hydrogens is 415 g/mol. The van der Waals surface area contributed by atoms with Gasteiger partial charge in [0.15, 0.2) is 5.96 Å². The summed E-state index contributed by atoms with van der Waals surface area (Å²) >= 11 is 0. The van der Waals surface area contributed by atoms with Crippen molar-refractivity contribution in [2.24, 2.45) is 10.9 Å². The number of nitrogens with zero attached hydrogens (tertiary/aromatic N) is 2. The van der Waals surface area contributed by atoms with Gasteiger partial charge in [0.05, 0.1) is 6.54 Å². The highest BCUT2D eigenvalue weighted by molar-refractivity contribution is 14.0. The van der Waals surface area contributed by atoms with Crippen molar-refractivity contribution in [3.05, 3.63) is 29.8 Å². The molecule has 1 aliphatic carbocycles. The van der Waals surface area contributed by atoms with Crippen molar-refractivity contribution in [2.75, 3.05) is 24.5 Å². The molecule has 0 unspecified atom stereocenters.